The van der Waals surface area contributed by atoms with Gasteiger partial charge in [-0.05, 0) is 44.5 Å². The average Bonchev–Trinajstić information content (AvgIpc) is 2.06. The van der Waals surface area contributed by atoms with Gasteiger partial charge in [0.1, 0.15) is 0 Å². The molecule has 1 aromatic carbocycles. The number of aryl methyl sites for hydroxylation is 2. The average molecular weight is 170 g/mol. The molecule has 0 aliphatic carbocycles. The number of nitrogens with zero attached hydrogens (tertiary/aromatic N) is 1. The van der Waals surface area contributed by atoms with E-state index in [1.54, 1.807) is 0 Å². The highest BCUT2D eigenvalue weighted by Crippen LogP contribution is 2.18. The van der Waals surface area contributed by atoms with Gasteiger partial charge in [-0.2, -0.15) is 0 Å². The Bertz CT molecular complexity index is 458. The van der Waals surface area contributed by atoms with Crippen molar-refractivity contribution in [3.63, 3.8) is 0 Å². The summed E-state index contributed by atoms with van der Waals surface area (Å²) in [6, 6.07) is 8.27. The summed E-state index contributed by atoms with van der Waals surface area (Å²) in [4.78, 5) is 4.44. The lowest BCUT2D eigenvalue weighted by molar-refractivity contribution is 1.24. The number of hydrogen-bond donors (Lipinski definition) is 0. The van der Waals surface area contributed by atoms with Gasteiger partial charge in [0.25, 0.3) is 0 Å². The molecule has 65 valence electrons. The van der Waals surface area contributed by atoms with E-state index in [4.69, 9.17) is 0 Å². The Morgan fingerprint density at radius 2 is 1.92 bits per heavy atom. The van der Waals surface area contributed by atoms with Crippen molar-refractivity contribution in [3.05, 3.63) is 48.0 Å². The third kappa shape index (κ3) is 1.42. The molecule has 0 aliphatic rings. The Labute approximate surface area is 78.4 Å². The first kappa shape index (κ1) is 8.24. The van der Waals surface area contributed by atoms with Crippen molar-refractivity contribution in [3.8, 4) is 0 Å². The SMILES string of the molecule is [CH2]c1cc(C)nc2ccc(C)cc12. The standard InChI is InChI=1S/C12H12N/c1-8-4-5-12-11(6-8)9(2)7-10(3)13-12/h4-7H,2H2,1,3H3. The van der Waals surface area contributed by atoms with E-state index in [2.05, 4.69) is 31.0 Å². The van der Waals surface area contributed by atoms with Crippen LogP contribution in [0.2, 0.25) is 0 Å². The molecule has 1 nitrogen and oxygen atoms in total. The second-order valence-corrected chi connectivity index (χ2v) is 3.44. The molecular formula is C12H12N. The monoisotopic (exact) mass is 170 g/mol. The molecule has 13 heavy (non-hydrogen) atoms. The topological polar surface area (TPSA) is 12.9 Å². The molecule has 0 atom stereocenters. The summed E-state index contributed by atoms with van der Waals surface area (Å²) in [5, 5.41) is 1.16. The molecule has 0 N–H and O–H groups in total. The van der Waals surface area contributed by atoms with Crippen molar-refractivity contribution in [2.24, 2.45) is 0 Å². The van der Waals surface area contributed by atoms with E-state index >= 15 is 0 Å². The third-order valence-electron chi connectivity index (χ3n) is 2.18. The summed E-state index contributed by atoms with van der Waals surface area (Å²) >= 11 is 0. The summed E-state index contributed by atoms with van der Waals surface area (Å²) in [5.41, 5.74) is 4.38. The van der Waals surface area contributed by atoms with Crippen LogP contribution >= 0.6 is 0 Å². The molecule has 2 aromatic rings. The van der Waals surface area contributed by atoms with E-state index in [1.165, 1.54) is 5.56 Å². The molecule has 1 radical (unpaired) electrons. The van der Waals surface area contributed by atoms with Gasteiger partial charge in [0.2, 0.25) is 0 Å². The van der Waals surface area contributed by atoms with Gasteiger partial charge in [-0.3, -0.25) is 4.98 Å². The molecule has 1 heteroatoms. The molecule has 0 fully saturated rings. The molecule has 0 unspecified atom stereocenters. The van der Waals surface area contributed by atoms with Crippen LogP contribution in [-0.2, 0) is 0 Å². The van der Waals surface area contributed by atoms with Crippen LogP contribution < -0.4 is 0 Å². The lowest BCUT2D eigenvalue weighted by atomic mass is 10.1. The highest BCUT2D eigenvalue weighted by Gasteiger charge is 1.99. The van der Waals surface area contributed by atoms with Gasteiger partial charge in [-0.15, -0.1) is 0 Å². The van der Waals surface area contributed by atoms with Crippen LogP contribution in [0.4, 0.5) is 0 Å². The van der Waals surface area contributed by atoms with Crippen molar-refractivity contribution in [2.75, 3.05) is 0 Å². The number of fused-ring (bicyclic) bond motifs is 1. The lowest BCUT2D eigenvalue weighted by Crippen LogP contribution is -1.87. The Balaban J connectivity index is 2.87. The van der Waals surface area contributed by atoms with Gasteiger partial charge in [0.05, 0.1) is 5.52 Å². The van der Waals surface area contributed by atoms with Gasteiger partial charge in [0.15, 0.2) is 0 Å². The molecule has 0 amide bonds. The van der Waals surface area contributed by atoms with E-state index in [9.17, 15) is 0 Å². The van der Waals surface area contributed by atoms with Gasteiger partial charge in [-0.1, -0.05) is 11.6 Å². The third-order valence-corrected chi connectivity index (χ3v) is 2.18. The maximum absolute atomic E-state index is 4.44. The highest BCUT2D eigenvalue weighted by atomic mass is 14.7. The zero-order valence-electron chi connectivity index (χ0n) is 7.96. The summed E-state index contributed by atoms with van der Waals surface area (Å²) in [5.74, 6) is 0. The minimum atomic E-state index is 1.03. The van der Waals surface area contributed by atoms with Crippen LogP contribution in [0.3, 0.4) is 0 Å². The Morgan fingerprint density at radius 1 is 1.15 bits per heavy atom. The van der Waals surface area contributed by atoms with Gasteiger partial charge >= 0.3 is 0 Å². The van der Waals surface area contributed by atoms with Crippen molar-refractivity contribution >= 4 is 10.9 Å². The Kier molecular flexibility index (Phi) is 1.80. The van der Waals surface area contributed by atoms with Gasteiger partial charge in [0, 0.05) is 11.1 Å². The highest BCUT2D eigenvalue weighted by molar-refractivity contribution is 5.83. The van der Waals surface area contributed by atoms with E-state index in [-0.39, 0.29) is 0 Å². The lowest BCUT2D eigenvalue weighted by Gasteiger charge is -2.03. The number of hydrogen-bond acceptors (Lipinski definition) is 1. The summed E-state index contributed by atoms with van der Waals surface area (Å²) in [7, 11) is 0. The van der Waals surface area contributed by atoms with E-state index in [0.717, 1.165) is 22.2 Å². The molecule has 0 saturated carbocycles. The van der Waals surface area contributed by atoms with Gasteiger partial charge < -0.3 is 0 Å². The number of rotatable bonds is 0. The second-order valence-electron chi connectivity index (χ2n) is 3.44. The Hall–Kier alpha value is -1.37. The molecule has 0 spiro atoms. The van der Waals surface area contributed by atoms with Crippen LogP contribution in [0.5, 0.6) is 0 Å². The first-order valence-electron chi connectivity index (χ1n) is 4.37. The molecule has 2 rings (SSSR count). The first-order valence-corrected chi connectivity index (χ1v) is 4.37. The quantitative estimate of drug-likeness (QED) is 0.592. The zero-order valence-corrected chi connectivity index (χ0v) is 7.96. The number of aromatic nitrogens is 1. The summed E-state index contributed by atoms with van der Waals surface area (Å²) < 4.78 is 0. The van der Waals surface area contributed by atoms with E-state index < -0.39 is 0 Å². The Morgan fingerprint density at radius 3 is 2.69 bits per heavy atom. The van der Waals surface area contributed by atoms with E-state index in [0.29, 0.717) is 0 Å². The minimum Gasteiger partial charge on any atom is -0.253 e. The minimum absolute atomic E-state index is 1.03. The second kappa shape index (κ2) is 2.84. The fourth-order valence-electron chi connectivity index (χ4n) is 1.56. The maximum atomic E-state index is 4.44. The predicted molar refractivity (Wildman–Crippen MR) is 55.7 cm³/mol. The van der Waals surface area contributed by atoms with Gasteiger partial charge in [-0.25, -0.2) is 0 Å². The molecule has 0 aliphatic heterocycles. The first-order chi connectivity index (χ1) is 6.16. The molecule has 0 saturated heterocycles. The van der Waals surface area contributed by atoms with Crippen LogP contribution in [0.25, 0.3) is 10.9 Å². The maximum Gasteiger partial charge on any atom is 0.0708 e. The number of benzene rings is 1. The molecular weight excluding hydrogens is 158 g/mol. The van der Waals surface area contributed by atoms with Crippen LogP contribution in [0, 0.1) is 20.8 Å². The molecule has 0 bridgehead atoms. The van der Waals surface area contributed by atoms with Crippen molar-refractivity contribution in [2.45, 2.75) is 13.8 Å². The van der Waals surface area contributed by atoms with Crippen molar-refractivity contribution in [1.29, 1.82) is 0 Å². The zero-order chi connectivity index (χ0) is 9.42. The van der Waals surface area contributed by atoms with Crippen molar-refractivity contribution in [1.82, 2.24) is 4.98 Å². The van der Waals surface area contributed by atoms with Crippen molar-refractivity contribution < 1.29 is 0 Å². The molecule has 1 aromatic heterocycles. The number of pyridine rings is 1. The summed E-state index contributed by atoms with van der Waals surface area (Å²) in [6.45, 7) is 8.09. The predicted octanol–water partition coefficient (Wildman–Crippen LogP) is 3.03. The fraction of sp³-hybridized carbons (Fsp3) is 0.167. The normalized spacial score (nSPS) is 10.7. The summed E-state index contributed by atoms with van der Waals surface area (Å²) in [6.07, 6.45) is 0. The van der Waals surface area contributed by atoms with E-state index in [1.807, 2.05) is 19.1 Å². The van der Waals surface area contributed by atoms with Crippen LogP contribution in [0.15, 0.2) is 24.3 Å². The van der Waals surface area contributed by atoms with Crippen LogP contribution in [0.1, 0.15) is 16.8 Å². The van der Waals surface area contributed by atoms with Crippen LogP contribution in [-0.4, -0.2) is 4.98 Å². The molecule has 1 heterocycles. The largest absolute Gasteiger partial charge is 0.253 e. The fourth-order valence-corrected chi connectivity index (χ4v) is 1.56. The smallest absolute Gasteiger partial charge is 0.0708 e.